The van der Waals surface area contributed by atoms with Gasteiger partial charge in [-0.15, -0.1) is 0 Å². The van der Waals surface area contributed by atoms with E-state index in [2.05, 4.69) is 25.1 Å². The molecule has 144 valence electrons. The smallest absolute Gasteiger partial charge is 0.234 e. The van der Waals surface area contributed by atoms with E-state index >= 15 is 0 Å². The van der Waals surface area contributed by atoms with Crippen molar-refractivity contribution in [3.05, 3.63) is 42.4 Å². The Morgan fingerprint density at radius 2 is 1.89 bits per heavy atom. The molecule has 1 fully saturated rings. The number of hydrogen-bond acceptors (Lipinski definition) is 7. The number of anilines is 1. The van der Waals surface area contributed by atoms with Gasteiger partial charge in [0.25, 0.3) is 0 Å². The van der Waals surface area contributed by atoms with Crippen LogP contribution in [-0.4, -0.2) is 67.7 Å². The Bertz CT molecular complexity index is 748. The summed E-state index contributed by atoms with van der Waals surface area (Å²) in [5.74, 6) is 2.23. The summed E-state index contributed by atoms with van der Waals surface area (Å²) in [5, 5.41) is 2.97. The molecule has 8 heteroatoms. The molecule has 1 saturated heterocycles. The SMILES string of the molecule is COc1ccc(CNC(=O)CN2CCN(c3cnccn3)CC2)cc1OC. The molecule has 0 atom stereocenters. The van der Waals surface area contributed by atoms with E-state index < -0.39 is 0 Å². The van der Waals surface area contributed by atoms with Crippen LogP contribution >= 0.6 is 0 Å². The van der Waals surface area contributed by atoms with E-state index in [0.717, 1.165) is 37.6 Å². The summed E-state index contributed by atoms with van der Waals surface area (Å²) in [6.07, 6.45) is 5.14. The highest BCUT2D eigenvalue weighted by atomic mass is 16.5. The van der Waals surface area contributed by atoms with Crippen LogP contribution in [-0.2, 0) is 11.3 Å². The van der Waals surface area contributed by atoms with Gasteiger partial charge in [-0.3, -0.25) is 14.7 Å². The van der Waals surface area contributed by atoms with Crippen molar-refractivity contribution in [1.29, 1.82) is 0 Å². The summed E-state index contributed by atoms with van der Waals surface area (Å²) in [4.78, 5) is 25.0. The van der Waals surface area contributed by atoms with Crippen LogP contribution in [0.5, 0.6) is 11.5 Å². The number of methoxy groups -OCH3 is 2. The Morgan fingerprint density at radius 1 is 1.11 bits per heavy atom. The molecule has 0 spiro atoms. The second kappa shape index (κ2) is 9.18. The van der Waals surface area contributed by atoms with E-state index in [-0.39, 0.29) is 5.91 Å². The van der Waals surface area contributed by atoms with Crippen molar-refractivity contribution in [2.45, 2.75) is 6.54 Å². The van der Waals surface area contributed by atoms with Gasteiger partial charge in [-0.1, -0.05) is 6.07 Å². The highest BCUT2D eigenvalue weighted by Gasteiger charge is 2.19. The Balaban J connectivity index is 1.44. The highest BCUT2D eigenvalue weighted by molar-refractivity contribution is 5.78. The summed E-state index contributed by atoms with van der Waals surface area (Å²) in [5.41, 5.74) is 0.966. The fourth-order valence-electron chi connectivity index (χ4n) is 3.04. The topological polar surface area (TPSA) is 79.8 Å². The third-order valence-electron chi connectivity index (χ3n) is 4.55. The van der Waals surface area contributed by atoms with Crippen LogP contribution < -0.4 is 19.7 Å². The Morgan fingerprint density at radius 3 is 2.56 bits per heavy atom. The summed E-state index contributed by atoms with van der Waals surface area (Å²) in [6.45, 7) is 4.16. The molecule has 2 heterocycles. The number of rotatable bonds is 7. The third-order valence-corrected chi connectivity index (χ3v) is 4.55. The molecule has 2 aromatic rings. The van der Waals surface area contributed by atoms with Crippen molar-refractivity contribution in [2.75, 3.05) is 51.8 Å². The lowest BCUT2D eigenvalue weighted by Gasteiger charge is -2.34. The van der Waals surface area contributed by atoms with Gasteiger partial charge in [-0.2, -0.15) is 0 Å². The average Bonchev–Trinajstić information content (AvgIpc) is 2.73. The predicted octanol–water partition coefficient (Wildman–Crippen LogP) is 0.932. The van der Waals surface area contributed by atoms with Crippen LogP contribution in [0.2, 0.25) is 0 Å². The van der Waals surface area contributed by atoms with Crippen LogP contribution in [0.25, 0.3) is 0 Å². The number of hydrogen-bond donors (Lipinski definition) is 1. The monoisotopic (exact) mass is 371 g/mol. The first-order valence-electron chi connectivity index (χ1n) is 8.90. The molecule has 1 aliphatic heterocycles. The van der Waals surface area contributed by atoms with Gasteiger partial charge in [0, 0.05) is 45.1 Å². The normalized spacial score (nSPS) is 14.7. The van der Waals surface area contributed by atoms with Gasteiger partial charge < -0.3 is 19.7 Å². The van der Waals surface area contributed by atoms with Crippen molar-refractivity contribution in [3.8, 4) is 11.5 Å². The zero-order valence-electron chi connectivity index (χ0n) is 15.7. The van der Waals surface area contributed by atoms with Gasteiger partial charge in [-0.25, -0.2) is 4.98 Å². The zero-order valence-corrected chi connectivity index (χ0v) is 15.7. The van der Waals surface area contributed by atoms with E-state index in [1.165, 1.54) is 0 Å². The Labute approximate surface area is 159 Å². The lowest BCUT2D eigenvalue weighted by atomic mass is 10.2. The van der Waals surface area contributed by atoms with Crippen LogP contribution in [0.1, 0.15) is 5.56 Å². The number of benzene rings is 1. The van der Waals surface area contributed by atoms with Crippen molar-refractivity contribution >= 4 is 11.7 Å². The van der Waals surface area contributed by atoms with Crippen LogP contribution in [0.15, 0.2) is 36.8 Å². The van der Waals surface area contributed by atoms with E-state index in [4.69, 9.17) is 9.47 Å². The van der Waals surface area contributed by atoms with Crippen molar-refractivity contribution in [2.24, 2.45) is 0 Å². The quantitative estimate of drug-likeness (QED) is 0.776. The second-order valence-corrected chi connectivity index (χ2v) is 6.29. The summed E-state index contributed by atoms with van der Waals surface area (Å²) in [7, 11) is 3.20. The number of piperazine rings is 1. The summed E-state index contributed by atoms with van der Waals surface area (Å²) in [6, 6.07) is 5.63. The van der Waals surface area contributed by atoms with E-state index in [1.807, 2.05) is 18.2 Å². The number of nitrogens with zero attached hydrogens (tertiary/aromatic N) is 4. The minimum Gasteiger partial charge on any atom is -0.493 e. The van der Waals surface area contributed by atoms with Gasteiger partial charge in [-0.05, 0) is 17.7 Å². The van der Waals surface area contributed by atoms with Gasteiger partial charge >= 0.3 is 0 Å². The fourth-order valence-corrected chi connectivity index (χ4v) is 3.04. The number of ether oxygens (including phenoxy) is 2. The number of nitrogens with one attached hydrogen (secondary N) is 1. The minimum absolute atomic E-state index is 0.0118. The standard InChI is InChI=1S/C19H25N5O3/c1-26-16-4-3-15(11-17(16)27-2)12-22-19(25)14-23-7-9-24(10-8-23)18-13-20-5-6-21-18/h3-6,11,13H,7-10,12,14H2,1-2H3,(H,22,25). The van der Waals surface area contributed by atoms with E-state index in [0.29, 0.717) is 24.6 Å². The Hall–Kier alpha value is -2.87. The molecule has 8 nitrogen and oxygen atoms in total. The van der Waals surface area contributed by atoms with Gasteiger partial charge in [0.1, 0.15) is 5.82 Å². The molecule has 0 saturated carbocycles. The molecule has 0 aliphatic carbocycles. The predicted molar refractivity (Wildman–Crippen MR) is 102 cm³/mol. The van der Waals surface area contributed by atoms with Gasteiger partial charge in [0.15, 0.2) is 11.5 Å². The number of carbonyl (C=O) groups excluding carboxylic acids is 1. The first-order valence-corrected chi connectivity index (χ1v) is 8.90. The minimum atomic E-state index is 0.0118. The Kier molecular flexibility index (Phi) is 6.43. The van der Waals surface area contributed by atoms with Gasteiger partial charge in [0.05, 0.1) is 27.0 Å². The molecular formula is C19H25N5O3. The molecule has 27 heavy (non-hydrogen) atoms. The van der Waals surface area contributed by atoms with Crippen LogP contribution in [0.3, 0.4) is 0 Å². The lowest BCUT2D eigenvalue weighted by molar-refractivity contribution is -0.122. The summed E-state index contributed by atoms with van der Waals surface area (Å²) >= 11 is 0. The highest BCUT2D eigenvalue weighted by Crippen LogP contribution is 2.27. The molecule has 0 bridgehead atoms. The lowest BCUT2D eigenvalue weighted by Crippen LogP contribution is -2.49. The van der Waals surface area contributed by atoms with Gasteiger partial charge in [0.2, 0.25) is 5.91 Å². The fraction of sp³-hybridized carbons (Fsp3) is 0.421. The maximum absolute atomic E-state index is 12.3. The largest absolute Gasteiger partial charge is 0.493 e. The molecule has 1 aromatic heterocycles. The van der Waals surface area contributed by atoms with Crippen LogP contribution in [0.4, 0.5) is 5.82 Å². The number of aromatic nitrogens is 2. The molecular weight excluding hydrogens is 346 g/mol. The second-order valence-electron chi connectivity index (χ2n) is 6.29. The first-order chi connectivity index (χ1) is 13.2. The average molecular weight is 371 g/mol. The van der Waals surface area contributed by atoms with E-state index in [1.54, 1.807) is 32.8 Å². The number of carbonyl (C=O) groups is 1. The molecule has 1 aliphatic rings. The summed E-state index contributed by atoms with van der Waals surface area (Å²) < 4.78 is 10.5. The molecule has 1 N–H and O–H groups in total. The molecule has 3 rings (SSSR count). The zero-order chi connectivity index (χ0) is 19.1. The number of amides is 1. The van der Waals surface area contributed by atoms with Crippen molar-refractivity contribution < 1.29 is 14.3 Å². The molecule has 1 aromatic carbocycles. The maximum atomic E-state index is 12.3. The molecule has 1 amide bonds. The molecule has 0 unspecified atom stereocenters. The molecule has 0 radical (unpaired) electrons. The van der Waals surface area contributed by atoms with Crippen molar-refractivity contribution in [1.82, 2.24) is 20.2 Å². The van der Waals surface area contributed by atoms with E-state index in [9.17, 15) is 4.79 Å². The first kappa shape index (κ1) is 18.9. The van der Waals surface area contributed by atoms with Crippen LogP contribution in [0, 0.1) is 0 Å². The third kappa shape index (κ3) is 5.07. The van der Waals surface area contributed by atoms with Crippen molar-refractivity contribution in [3.63, 3.8) is 0 Å². The maximum Gasteiger partial charge on any atom is 0.234 e.